The lowest BCUT2D eigenvalue weighted by molar-refractivity contribution is -0.150. The predicted molar refractivity (Wildman–Crippen MR) is 112 cm³/mol. The van der Waals surface area contributed by atoms with Gasteiger partial charge in [-0.05, 0) is 38.5 Å². The number of carboxylic acids is 1. The van der Waals surface area contributed by atoms with Crippen molar-refractivity contribution in [1.29, 1.82) is 0 Å². The maximum Gasteiger partial charge on any atom is 0.413 e. The number of carbonyl (C=O) groups is 2. The number of hydrogen-bond acceptors (Lipinski definition) is 6. The number of benzene rings is 2. The fraction of sp³-hybridized carbons (Fsp3) is 0.391. The first-order valence-corrected chi connectivity index (χ1v) is 9.82. The minimum atomic E-state index is -1.30. The van der Waals surface area contributed by atoms with Gasteiger partial charge in [-0.2, -0.15) is 0 Å². The number of carbonyl (C=O) groups excluding carboxylic acids is 1. The molecule has 0 saturated carbocycles. The fourth-order valence-corrected chi connectivity index (χ4v) is 3.52. The van der Waals surface area contributed by atoms with E-state index in [1.54, 1.807) is 63.2 Å². The van der Waals surface area contributed by atoms with Crippen molar-refractivity contribution < 1.29 is 33.6 Å². The van der Waals surface area contributed by atoms with Crippen LogP contribution in [0.2, 0.25) is 0 Å². The van der Waals surface area contributed by atoms with Gasteiger partial charge < -0.3 is 24.1 Å². The molecule has 2 aromatic rings. The van der Waals surface area contributed by atoms with Gasteiger partial charge in [0.15, 0.2) is 12.3 Å². The molecule has 1 heterocycles. The number of aliphatic carboxylic acids is 1. The lowest BCUT2D eigenvalue weighted by Crippen LogP contribution is -2.40. The minimum absolute atomic E-state index is 0.399. The van der Waals surface area contributed by atoms with E-state index < -0.39 is 36.0 Å². The van der Waals surface area contributed by atoms with Crippen LogP contribution in [0.5, 0.6) is 11.5 Å². The average Bonchev–Trinajstić information content (AvgIpc) is 3.13. The lowest BCUT2D eigenvalue weighted by Gasteiger charge is -2.32. The van der Waals surface area contributed by atoms with Crippen molar-refractivity contribution in [2.75, 3.05) is 14.2 Å². The Balaban J connectivity index is 2.15. The van der Waals surface area contributed by atoms with Crippen LogP contribution in [0.3, 0.4) is 0 Å². The molecule has 0 radical (unpaired) electrons. The van der Waals surface area contributed by atoms with Gasteiger partial charge in [0.05, 0.1) is 14.2 Å². The van der Waals surface area contributed by atoms with E-state index in [-0.39, 0.29) is 0 Å². The van der Waals surface area contributed by atoms with E-state index in [1.807, 2.05) is 6.07 Å². The molecule has 1 aliphatic heterocycles. The summed E-state index contributed by atoms with van der Waals surface area (Å²) in [6.07, 6.45) is -3.03. The molecule has 8 nitrogen and oxygen atoms in total. The van der Waals surface area contributed by atoms with Crippen LogP contribution in [-0.4, -0.2) is 48.0 Å². The molecule has 0 aromatic heterocycles. The number of hydrogen-bond donors (Lipinski definition) is 1. The van der Waals surface area contributed by atoms with Crippen LogP contribution in [0.25, 0.3) is 0 Å². The van der Waals surface area contributed by atoms with Crippen LogP contribution in [0.4, 0.5) is 4.79 Å². The molecule has 0 aliphatic carbocycles. The summed E-state index contributed by atoms with van der Waals surface area (Å²) in [6, 6.07) is 13.0. The molecule has 1 saturated heterocycles. The normalized spacial score (nSPS) is 20.9. The molecular weight excluding hydrogens is 402 g/mol. The van der Waals surface area contributed by atoms with Crippen LogP contribution < -0.4 is 9.47 Å². The first-order valence-electron chi connectivity index (χ1n) is 9.82. The second-order valence-corrected chi connectivity index (χ2v) is 8.10. The number of methoxy groups -OCH3 is 2. The Labute approximate surface area is 181 Å². The van der Waals surface area contributed by atoms with Gasteiger partial charge in [0.1, 0.15) is 23.1 Å². The Bertz CT molecular complexity index is 939. The zero-order chi connectivity index (χ0) is 22.8. The molecule has 1 fully saturated rings. The molecule has 31 heavy (non-hydrogen) atoms. The van der Waals surface area contributed by atoms with Gasteiger partial charge in [-0.25, -0.2) is 9.59 Å². The Morgan fingerprint density at radius 1 is 1.03 bits per heavy atom. The van der Waals surface area contributed by atoms with Gasteiger partial charge >= 0.3 is 12.1 Å². The van der Waals surface area contributed by atoms with Crippen molar-refractivity contribution >= 4 is 12.1 Å². The van der Waals surface area contributed by atoms with E-state index in [0.29, 0.717) is 22.6 Å². The Morgan fingerprint density at radius 3 is 2.26 bits per heavy atom. The monoisotopic (exact) mass is 429 g/mol. The summed E-state index contributed by atoms with van der Waals surface area (Å²) >= 11 is 0. The number of amides is 1. The summed E-state index contributed by atoms with van der Waals surface area (Å²) in [5, 5.41) is 9.90. The van der Waals surface area contributed by atoms with Crippen LogP contribution in [0, 0.1) is 0 Å². The molecule has 0 spiro atoms. The highest BCUT2D eigenvalue weighted by atomic mass is 16.6. The molecule has 3 rings (SSSR count). The second kappa shape index (κ2) is 8.85. The molecule has 166 valence electrons. The van der Waals surface area contributed by atoms with E-state index in [1.165, 1.54) is 19.1 Å². The largest absolute Gasteiger partial charge is 0.497 e. The van der Waals surface area contributed by atoms with E-state index in [0.717, 1.165) is 0 Å². The SMILES string of the molecule is COc1ccc([C@H]2O[C@@H](C(=O)O)[C@@H](c3ccccc3)N2C(=O)OC(C)(C)C)c(OC)c1. The Kier molecular flexibility index (Phi) is 6.40. The van der Waals surface area contributed by atoms with Gasteiger partial charge in [0, 0.05) is 11.6 Å². The average molecular weight is 429 g/mol. The third-order valence-electron chi connectivity index (χ3n) is 4.81. The Hall–Kier alpha value is -3.26. The van der Waals surface area contributed by atoms with E-state index in [9.17, 15) is 14.7 Å². The highest BCUT2D eigenvalue weighted by molar-refractivity contribution is 5.78. The number of carboxylic acid groups (broad SMARTS) is 1. The van der Waals surface area contributed by atoms with Gasteiger partial charge in [-0.1, -0.05) is 30.3 Å². The molecule has 1 amide bonds. The van der Waals surface area contributed by atoms with E-state index >= 15 is 0 Å². The standard InChI is InChI=1S/C23H27NO7/c1-23(2,3)31-22(27)24-18(14-9-7-6-8-10-14)19(21(25)26)30-20(24)16-12-11-15(28-4)13-17(16)29-5/h6-13,18-20H,1-5H3,(H,25,26)/t18-,19-,20-/m1/s1. The smallest absolute Gasteiger partial charge is 0.413 e. The summed E-state index contributed by atoms with van der Waals surface area (Å²) in [5.41, 5.74) is 0.323. The van der Waals surface area contributed by atoms with E-state index in [4.69, 9.17) is 18.9 Å². The third-order valence-corrected chi connectivity index (χ3v) is 4.81. The maximum absolute atomic E-state index is 13.3. The number of nitrogens with zero attached hydrogens (tertiary/aromatic N) is 1. The van der Waals surface area contributed by atoms with Crippen molar-refractivity contribution in [3.63, 3.8) is 0 Å². The molecular formula is C23H27NO7. The summed E-state index contributed by atoms with van der Waals surface area (Å²) in [4.78, 5) is 26.7. The van der Waals surface area contributed by atoms with Crippen LogP contribution in [0.1, 0.15) is 44.2 Å². The van der Waals surface area contributed by atoms with Gasteiger partial charge in [-0.15, -0.1) is 0 Å². The van der Waals surface area contributed by atoms with Crippen molar-refractivity contribution in [1.82, 2.24) is 4.90 Å². The van der Waals surface area contributed by atoms with Crippen molar-refractivity contribution in [2.45, 2.75) is 44.7 Å². The van der Waals surface area contributed by atoms with Gasteiger partial charge in [0.25, 0.3) is 0 Å². The van der Waals surface area contributed by atoms with Crippen LogP contribution in [-0.2, 0) is 14.3 Å². The highest BCUT2D eigenvalue weighted by Crippen LogP contribution is 2.46. The molecule has 3 atom stereocenters. The topological polar surface area (TPSA) is 94.5 Å². The van der Waals surface area contributed by atoms with Gasteiger partial charge in [-0.3, -0.25) is 4.90 Å². The maximum atomic E-state index is 13.3. The molecule has 2 aromatic carbocycles. The number of ether oxygens (including phenoxy) is 4. The van der Waals surface area contributed by atoms with Crippen molar-refractivity contribution in [2.24, 2.45) is 0 Å². The van der Waals surface area contributed by atoms with Crippen LogP contribution in [0.15, 0.2) is 48.5 Å². The molecule has 8 heteroatoms. The van der Waals surface area contributed by atoms with E-state index in [2.05, 4.69) is 0 Å². The molecule has 0 unspecified atom stereocenters. The molecule has 0 bridgehead atoms. The Morgan fingerprint density at radius 2 is 1.71 bits per heavy atom. The minimum Gasteiger partial charge on any atom is -0.497 e. The van der Waals surface area contributed by atoms with Crippen LogP contribution >= 0.6 is 0 Å². The third kappa shape index (κ3) is 4.74. The zero-order valence-corrected chi connectivity index (χ0v) is 18.2. The predicted octanol–water partition coefficient (Wildman–Crippen LogP) is 4.16. The quantitative estimate of drug-likeness (QED) is 0.762. The summed E-state index contributed by atoms with van der Waals surface area (Å²) < 4.78 is 22.3. The molecule has 1 aliphatic rings. The summed E-state index contributed by atoms with van der Waals surface area (Å²) in [6.45, 7) is 5.24. The molecule has 1 N–H and O–H groups in total. The second-order valence-electron chi connectivity index (χ2n) is 8.10. The lowest BCUT2D eigenvalue weighted by atomic mass is 10.0. The summed E-state index contributed by atoms with van der Waals surface area (Å²) in [7, 11) is 3.01. The van der Waals surface area contributed by atoms with Crippen molar-refractivity contribution in [3.05, 3.63) is 59.7 Å². The first kappa shape index (κ1) is 22.4. The first-order chi connectivity index (χ1) is 14.7. The fourth-order valence-electron chi connectivity index (χ4n) is 3.52. The van der Waals surface area contributed by atoms with Crippen molar-refractivity contribution in [3.8, 4) is 11.5 Å². The summed E-state index contributed by atoms with van der Waals surface area (Å²) in [5.74, 6) is -0.232. The zero-order valence-electron chi connectivity index (χ0n) is 18.2. The number of rotatable bonds is 5. The van der Waals surface area contributed by atoms with Gasteiger partial charge in [0.2, 0.25) is 0 Å². The highest BCUT2D eigenvalue weighted by Gasteiger charge is 2.51.